The topological polar surface area (TPSA) is 32.5 Å². The summed E-state index contributed by atoms with van der Waals surface area (Å²) in [6.45, 7) is 3.75. The van der Waals surface area contributed by atoms with Gasteiger partial charge in [0.05, 0.1) is 0 Å². The van der Waals surface area contributed by atoms with Gasteiger partial charge in [-0.3, -0.25) is 4.90 Å². The number of hydrogen-bond acceptors (Lipinski definition) is 3. The first-order valence-electron chi connectivity index (χ1n) is 6.91. The molecule has 1 aromatic rings. The van der Waals surface area contributed by atoms with Crippen molar-refractivity contribution in [2.45, 2.75) is 24.9 Å². The molecular formula is C15H24ClN3. The molecule has 2 rings (SSSR count). The van der Waals surface area contributed by atoms with Crippen LogP contribution in [0.2, 0.25) is 5.02 Å². The molecule has 1 aromatic carbocycles. The molecule has 0 bridgehead atoms. The van der Waals surface area contributed by atoms with E-state index in [2.05, 4.69) is 30.0 Å². The van der Waals surface area contributed by atoms with Crippen LogP contribution in [0.1, 0.15) is 18.4 Å². The molecule has 0 saturated carbocycles. The van der Waals surface area contributed by atoms with Gasteiger partial charge in [-0.15, -0.1) is 0 Å². The summed E-state index contributed by atoms with van der Waals surface area (Å²) in [6, 6.07) is 8.05. The van der Waals surface area contributed by atoms with Crippen molar-refractivity contribution in [3.8, 4) is 0 Å². The Morgan fingerprint density at radius 2 is 2.16 bits per heavy atom. The van der Waals surface area contributed by atoms with Gasteiger partial charge in [-0.2, -0.15) is 0 Å². The van der Waals surface area contributed by atoms with Gasteiger partial charge >= 0.3 is 0 Å². The highest BCUT2D eigenvalue weighted by molar-refractivity contribution is 6.31. The van der Waals surface area contributed by atoms with Crippen LogP contribution in [0, 0.1) is 0 Å². The molecule has 0 aromatic heterocycles. The van der Waals surface area contributed by atoms with Crippen LogP contribution in [0.5, 0.6) is 0 Å². The molecule has 0 radical (unpaired) electrons. The van der Waals surface area contributed by atoms with Crippen molar-refractivity contribution in [3.63, 3.8) is 0 Å². The summed E-state index contributed by atoms with van der Waals surface area (Å²) in [4.78, 5) is 4.75. The van der Waals surface area contributed by atoms with Crippen LogP contribution in [0.25, 0.3) is 0 Å². The lowest BCUT2D eigenvalue weighted by atomic mass is 9.87. The van der Waals surface area contributed by atoms with E-state index in [0.717, 1.165) is 24.5 Å². The van der Waals surface area contributed by atoms with Crippen LogP contribution in [0.4, 0.5) is 0 Å². The maximum atomic E-state index is 6.26. The van der Waals surface area contributed by atoms with Crippen molar-refractivity contribution >= 4 is 11.6 Å². The first kappa shape index (κ1) is 14.8. The molecule has 1 saturated heterocycles. The molecule has 3 nitrogen and oxygen atoms in total. The third-order valence-corrected chi connectivity index (χ3v) is 4.67. The van der Waals surface area contributed by atoms with E-state index in [4.69, 9.17) is 17.3 Å². The van der Waals surface area contributed by atoms with E-state index in [0.29, 0.717) is 6.54 Å². The Bertz CT molecular complexity index is 424. The lowest BCUT2D eigenvalue weighted by Gasteiger charge is -2.47. The van der Waals surface area contributed by atoms with Gasteiger partial charge in [-0.1, -0.05) is 29.8 Å². The number of hydrogen-bond donors (Lipinski definition) is 1. The van der Waals surface area contributed by atoms with Crippen molar-refractivity contribution < 1.29 is 0 Å². The molecule has 1 fully saturated rings. The van der Waals surface area contributed by atoms with Crippen molar-refractivity contribution in [1.29, 1.82) is 0 Å². The highest BCUT2D eigenvalue weighted by atomic mass is 35.5. The normalized spacial score (nSPS) is 24.9. The zero-order chi connectivity index (χ0) is 13.9. The molecule has 0 aliphatic carbocycles. The van der Waals surface area contributed by atoms with Crippen molar-refractivity contribution in [1.82, 2.24) is 9.80 Å². The number of nitrogens with two attached hydrogens (primary N) is 1. The van der Waals surface area contributed by atoms with Gasteiger partial charge in [0.2, 0.25) is 0 Å². The maximum absolute atomic E-state index is 6.26. The maximum Gasteiger partial charge on any atom is 0.0459 e. The van der Waals surface area contributed by atoms with Crippen LogP contribution in [-0.4, -0.2) is 49.1 Å². The van der Waals surface area contributed by atoms with Gasteiger partial charge in [-0.25, -0.2) is 0 Å². The molecule has 19 heavy (non-hydrogen) atoms. The Morgan fingerprint density at radius 3 is 2.79 bits per heavy atom. The summed E-state index contributed by atoms with van der Waals surface area (Å²) >= 11 is 6.26. The summed E-state index contributed by atoms with van der Waals surface area (Å²) in [5.74, 6) is 0. The predicted molar refractivity (Wildman–Crippen MR) is 81.4 cm³/mol. The molecule has 0 spiro atoms. The Labute approximate surface area is 121 Å². The second kappa shape index (κ2) is 6.23. The van der Waals surface area contributed by atoms with Gasteiger partial charge in [-0.05, 0) is 45.1 Å². The minimum absolute atomic E-state index is 0.0756. The van der Waals surface area contributed by atoms with Crippen LogP contribution < -0.4 is 5.73 Å². The van der Waals surface area contributed by atoms with Crippen LogP contribution >= 0.6 is 11.6 Å². The van der Waals surface area contributed by atoms with E-state index in [1.165, 1.54) is 18.5 Å². The van der Waals surface area contributed by atoms with Gasteiger partial charge in [0.25, 0.3) is 0 Å². The second-order valence-corrected chi connectivity index (χ2v) is 6.12. The van der Waals surface area contributed by atoms with Gasteiger partial charge < -0.3 is 10.6 Å². The molecular weight excluding hydrogens is 258 g/mol. The van der Waals surface area contributed by atoms with Crippen molar-refractivity contribution in [3.05, 3.63) is 34.9 Å². The zero-order valence-corrected chi connectivity index (χ0v) is 12.7. The Kier molecular flexibility index (Phi) is 4.85. The van der Waals surface area contributed by atoms with E-state index in [1.807, 2.05) is 18.2 Å². The second-order valence-electron chi connectivity index (χ2n) is 5.72. The van der Waals surface area contributed by atoms with Crippen molar-refractivity contribution in [2.75, 3.05) is 33.7 Å². The number of likely N-dealkylation sites (tertiary alicyclic amines) is 1. The van der Waals surface area contributed by atoms with E-state index in [9.17, 15) is 0 Å². The molecule has 4 heteroatoms. The van der Waals surface area contributed by atoms with E-state index in [1.54, 1.807) is 0 Å². The van der Waals surface area contributed by atoms with Gasteiger partial charge in [0, 0.05) is 30.2 Å². The number of benzene rings is 1. The summed E-state index contributed by atoms with van der Waals surface area (Å²) in [5.41, 5.74) is 7.34. The highest BCUT2D eigenvalue weighted by Crippen LogP contribution is 2.28. The standard InChI is InChI=1S/C15H24ClN3/c1-18-9-5-8-15(11-17,12-18)19(2)10-13-6-3-4-7-14(13)16/h3-4,6-7H,5,8-12,17H2,1-2H3. The first-order chi connectivity index (χ1) is 9.07. The highest BCUT2D eigenvalue weighted by Gasteiger charge is 2.36. The lowest BCUT2D eigenvalue weighted by Crippen LogP contribution is -2.60. The van der Waals surface area contributed by atoms with E-state index in [-0.39, 0.29) is 5.54 Å². The third-order valence-electron chi connectivity index (χ3n) is 4.30. The number of nitrogens with zero attached hydrogens (tertiary/aromatic N) is 2. The summed E-state index contributed by atoms with van der Waals surface area (Å²) in [7, 11) is 4.34. The molecule has 2 N–H and O–H groups in total. The average molecular weight is 282 g/mol. The fourth-order valence-electron chi connectivity index (χ4n) is 3.02. The third kappa shape index (κ3) is 3.29. The number of piperidine rings is 1. The molecule has 1 unspecified atom stereocenters. The summed E-state index contributed by atoms with van der Waals surface area (Å²) in [6.07, 6.45) is 2.37. The molecule has 106 valence electrons. The smallest absolute Gasteiger partial charge is 0.0459 e. The zero-order valence-electron chi connectivity index (χ0n) is 11.9. The predicted octanol–water partition coefficient (Wildman–Crippen LogP) is 2.19. The first-order valence-corrected chi connectivity index (χ1v) is 7.28. The van der Waals surface area contributed by atoms with E-state index >= 15 is 0 Å². The number of rotatable bonds is 4. The Hall–Kier alpha value is -0.610. The fourth-order valence-corrected chi connectivity index (χ4v) is 3.22. The molecule has 1 aliphatic heterocycles. The van der Waals surface area contributed by atoms with Gasteiger partial charge in [0.15, 0.2) is 0 Å². The summed E-state index contributed by atoms with van der Waals surface area (Å²) < 4.78 is 0. The summed E-state index contributed by atoms with van der Waals surface area (Å²) in [5, 5.41) is 0.839. The quantitative estimate of drug-likeness (QED) is 0.918. The van der Waals surface area contributed by atoms with Crippen LogP contribution in [0.15, 0.2) is 24.3 Å². The lowest BCUT2D eigenvalue weighted by molar-refractivity contribution is 0.0396. The number of halogens is 1. The monoisotopic (exact) mass is 281 g/mol. The van der Waals surface area contributed by atoms with Crippen LogP contribution in [0.3, 0.4) is 0 Å². The average Bonchev–Trinajstić information content (AvgIpc) is 2.41. The minimum Gasteiger partial charge on any atom is -0.329 e. The number of likely N-dealkylation sites (N-methyl/N-ethyl adjacent to an activating group) is 2. The van der Waals surface area contributed by atoms with Crippen LogP contribution in [-0.2, 0) is 6.54 Å². The SMILES string of the molecule is CN1CCCC(CN)(N(C)Cc2ccccc2Cl)C1. The molecule has 0 amide bonds. The Balaban J connectivity index is 2.13. The Morgan fingerprint density at radius 1 is 1.42 bits per heavy atom. The van der Waals surface area contributed by atoms with Gasteiger partial charge in [0.1, 0.15) is 0 Å². The fraction of sp³-hybridized carbons (Fsp3) is 0.600. The molecule has 1 aliphatic rings. The van der Waals surface area contributed by atoms with E-state index < -0.39 is 0 Å². The molecule has 1 heterocycles. The minimum atomic E-state index is 0.0756. The largest absolute Gasteiger partial charge is 0.329 e. The molecule has 1 atom stereocenters. The van der Waals surface area contributed by atoms with Crippen molar-refractivity contribution in [2.24, 2.45) is 5.73 Å².